The van der Waals surface area contributed by atoms with E-state index in [-0.39, 0.29) is 30.5 Å². The first-order valence-electron chi connectivity index (χ1n) is 6.70. The van der Waals surface area contributed by atoms with E-state index in [1.165, 1.54) is 11.0 Å². The Morgan fingerprint density at radius 3 is 2.81 bits per heavy atom. The summed E-state index contributed by atoms with van der Waals surface area (Å²) in [6, 6.07) is 3.03. The molecule has 0 aliphatic carbocycles. The first kappa shape index (κ1) is 15.4. The van der Waals surface area contributed by atoms with Crippen molar-refractivity contribution in [3.8, 4) is 0 Å². The number of hydrogen-bond donors (Lipinski definition) is 2. The standard InChI is InChI=1S/C14H17F2N3O2/c1-17-4-5-18-14(21)9-6-13(20)19(8-9)12-3-2-10(15)7-11(12)16/h2-3,7,9,17H,4-6,8H2,1H3,(H,18,21). The van der Waals surface area contributed by atoms with Crippen LogP contribution in [0.2, 0.25) is 0 Å². The van der Waals surface area contributed by atoms with E-state index in [1.54, 1.807) is 7.05 Å². The van der Waals surface area contributed by atoms with Gasteiger partial charge in [-0.3, -0.25) is 9.59 Å². The number of hydrogen-bond acceptors (Lipinski definition) is 3. The lowest BCUT2D eigenvalue weighted by Crippen LogP contribution is -2.36. The Balaban J connectivity index is 2.04. The highest BCUT2D eigenvalue weighted by atomic mass is 19.1. The largest absolute Gasteiger partial charge is 0.355 e. The van der Waals surface area contributed by atoms with Crippen LogP contribution in [0.15, 0.2) is 18.2 Å². The summed E-state index contributed by atoms with van der Waals surface area (Å²) in [5.41, 5.74) is 0.00641. The Bertz CT molecular complexity index is 551. The van der Waals surface area contributed by atoms with E-state index in [9.17, 15) is 18.4 Å². The number of rotatable bonds is 5. The maximum atomic E-state index is 13.7. The van der Waals surface area contributed by atoms with Crippen molar-refractivity contribution in [3.63, 3.8) is 0 Å². The van der Waals surface area contributed by atoms with Gasteiger partial charge in [0, 0.05) is 32.1 Å². The molecule has 1 fully saturated rings. The monoisotopic (exact) mass is 297 g/mol. The van der Waals surface area contributed by atoms with E-state index in [0.29, 0.717) is 13.1 Å². The molecule has 1 saturated heterocycles. The van der Waals surface area contributed by atoms with Crippen LogP contribution in [0.1, 0.15) is 6.42 Å². The predicted molar refractivity (Wildman–Crippen MR) is 73.8 cm³/mol. The molecule has 2 rings (SSSR count). The molecule has 5 nitrogen and oxygen atoms in total. The van der Waals surface area contributed by atoms with Crippen LogP contribution in [0.25, 0.3) is 0 Å². The number of likely N-dealkylation sites (N-methyl/N-ethyl adjacent to an activating group) is 1. The molecule has 114 valence electrons. The van der Waals surface area contributed by atoms with Gasteiger partial charge in [0.1, 0.15) is 11.6 Å². The number of nitrogens with zero attached hydrogens (tertiary/aromatic N) is 1. The van der Waals surface area contributed by atoms with Crippen LogP contribution in [-0.2, 0) is 9.59 Å². The quantitative estimate of drug-likeness (QED) is 0.785. The lowest BCUT2D eigenvalue weighted by atomic mass is 10.1. The van der Waals surface area contributed by atoms with Crippen LogP contribution in [-0.4, -0.2) is 38.5 Å². The summed E-state index contributed by atoms with van der Waals surface area (Å²) < 4.78 is 26.6. The topological polar surface area (TPSA) is 61.4 Å². The van der Waals surface area contributed by atoms with Crippen LogP contribution < -0.4 is 15.5 Å². The normalized spacial score (nSPS) is 18.1. The summed E-state index contributed by atoms with van der Waals surface area (Å²) in [4.78, 5) is 25.0. The van der Waals surface area contributed by atoms with E-state index >= 15 is 0 Å². The second-order valence-electron chi connectivity index (χ2n) is 4.90. The summed E-state index contributed by atoms with van der Waals surface area (Å²) in [6.07, 6.45) is 0.0300. The number of halogens is 2. The zero-order valence-corrected chi connectivity index (χ0v) is 11.7. The summed E-state index contributed by atoms with van der Waals surface area (Å²) in [5.74, 6) is -2.60. The number of carbonyl (C=O) groups excluding carboxylic acids is 2. The number of nitrogens with one attached hydrogen (secondary N) is 2. The zero-order chi connectivity index (χ0) is 15.4. The maximum Gasteiger partial charge on any atom is 0.227 e. The third kappa shape index (κ3) is 3.55. The molecule has 1 heterocycles. The lowest BCUT2D eigenvalue weighted by molar-refractivity contribution is -0.126. The molecule has 2 N–H and O–H groups in total. The summed E-state index contributed by atoms with van der Waals surface area (Å²) in [6.45, 7) is 1.19. The van der Waals surface area contributed by atoms with Crippen molar-refractivity contribution in [2.75, 3.05) is 31.6 Å². The van der Waals surface area contributed by atoms with E-state index in [1.807, 2.05) is 0 Å². The molecule has 1 aliphatic heterocycles. The second-order valence-corrected chi connectivity index (χ2v) is 4.90. The highest BCUT2D eigenvalue weighted by Gasteiger charge is 2.36. The molecule has 2 amide bonds. The van der Waals surface area contributed by atoms with Gasteiger partial charge in [-0.05, 0) is 19.2 Å². The van der Waals surface area contributed by atoms with Crippen molar-refractivity contribution in [2.45, 2.75) is 6.42 Å². The molecule has 0 spiro atoms. The van der Waals surface area contributed by atoms with Crippen molar-refractivity contribution >= 4 is 17.5 Å². The molecule has 1 aliphatic rings. The fraction of sp³-hybridized carbons (Fsp3) is 0.429. The minimum Gasteiger partial charge on any atom is -0.355 e. The summed E-state index contributed by atoms with van der Waals surface area (Å²) >= 11 is 0. The van der Waals surface area contributed by atoms with Gasteiger partial charge in [0.25, 0.3) is 0 Å². The fourth-order valence-corrected chi connectivity index (χ4v) is 2.27. The molecule has 1 aromatic rings. The van der Waals surface area contributed by atoms with Crippen molar-refractivity contribution in [1.82, 2.24) is 10.6 Å². The van der Waals surface area contributed by atoms with Gasteiger partial charge >= 0.3 is 0 Å². The minimum absolute atomic E-state index is 0.00641. The van der Waals surface area contributed by atoms with E-state index in [4.69, 9.17) is 0 Å². The first-order valence-corrected chi connectivity index (χ1v) is 6.70. The first-order chi connectivity index (χ1) is 10.0. The number of carbonyl (C=O) groups is 2. The van der Waals surface area contributed by atoms with Crippen LogP contribution in [0.5, 0.6) is 0 Å². The van der Waals surface area contributed by atoms with Gasteiger partial charge in [0.15, 0.2) is 0 Å². The Morgan fingerprint density at radius 2 is 2.14 bits per heavy atom. The third-order valence-electron chi connectivity index (χ3n) is 3.37. The van der Waals surface area contributed by atoms with Crippen LogP contribution in [0.3, 0.4) is 0 Å². The Kier molecular flexibility index (Phi) is 4.85. The van der Waals surface area contributed by atoms with E-state index in [0.717, 1.165) is 12.1 Å². The third-order valence-corrected chi connectivity index (χ3v) is 3.37. The molecule has 1 aromatic carbocycles. The van der Waals surface area contributed by atoms with E-state index < -0.39 is 17.6 Å². The molecule has 7 heteroatoms. The smallest absolute Gasteiger partial charge is 0.227 e. The van der Waals surface area contributed by atoms with Crippen molar-refractivity contribution in [2.24, 2.45) is 5.92 Å². The lowest BCUT2D eigenvalue weighted by Gasteiger charge is -2.17. The SMILES string of the molecule is CNCCNC(=O)C1CC(=O)N(c2ccc(F)cc2F)C1. The Morgan fingerprint density at radius 1 is 1.38 bits per heavy atom. The van der Waals surface area contributed by atoms with Gasteiger partial charge in [0.05, 0.1) is 11.6 Å². The van der Waals surface area contributed by atoms with Crippen molar-refractivity contribution in [3.05, 3.63) is 29.8 Å². The van der Waals surface area contributed by atoms with Crippen molar-refractivity contribution < 1.29 is 18.4 Å². The Labute approximate surface area is 121 Å². The molecule has 0 radical (unpaired) electrons. The summed E-state index contributed by atoms with van der Waals surface area (Å²) in [5, 5.41) is 5.60. The number of anilines is 1. The van der Waals surface area contributed by atoms with Gasteiger partial charge in [-0.1, -0.05) is 0 Å². The Hall–Kier alpha value is -2.02. The molecular formula is C14H17F2N3O2. The molecule has 0 saturated carbocycles. The molecular weight excluding hydrogens is 280 g/mol. The van der Waals surface area contributed by atoms with Crippen molar-refractivity contribution in [1.29, 1.82) is 0 Å². The predicted octanol–water partition coefficient (Wildman–Crippen LogP) is 0.653. The second kappa shape index (κ2) is 6.62. The molecule has 21 heavy (non-hydrogen) atoms. The highest BCUT2D eigenvalue weighted by Crippen LogP contribution is 2.27. The van der Waals surface area contributed by atoms with E-state index in [2.05, 4.69) is 10.6 Å². The van der Waals surface area contributed by atoms with Gasteiger partial charge in [-0.25, -0.2) is 8.78 Å². The molecule has 1 atom stereocenters. The zero-order valence-electron chi connectivity index (χ0n) is 11.7. The number of benzene rings is 1. The number of amides is 2. The van der Waals surface area contributed by atoms with Crippen LogP contribution in [0, 0.1) is 17.6 Å². The van der Waals surface area contributed by atoms with Gasteiger partial charge in [-0.15, -0.1) is 0 Å². The average Bonchev–Trinajstić information content (AvgIpc) is 2.81. The average molecular weight is 297 g/mol. The highest BCUT2D eigenvalue weighted by molar-refractivity contribution is 6.00. The molecule has 0 aromatic heterocycles. The molecule has 0 bridgehead atoms. The van der Waals surface area contributed by atoms with Gasteiger partial charge in [0.2, 0.25) is 11.8 Å². The fourth-order valence-electron chi connectivity index (χ4n) is 2.27. The van der Waals surface area contributed by atoms with Crippen LogP contribution in [0.4, 0.5) is 14.5 Å². The van der Waals surface area contributed by atoms with Gasteiger partial charge in [-0.2, -0.15) is 0 Å². The summed E-state index contributed by atoms with van der Waals surface area (Å²) in [7, 11) is 1.77. The maximum absolute atomic E-state index is 13.7. The van der Waals surface area contributed by atoms with Crippen LogP contribution >= 0.6 is 0 Å². The van der Waals surface area contributed by atoms with Gasteiger partial charge < -0.3 is 15.5 Å². The molecule has 1 unspecified atom stereocenters. The minimum atomic E-state index is -0.806.